The van der Waals surface area contributed by atoms with E-state index in [4.69, 9.17) is 9.57 Å². The molecule has 1 amide bonds. The number of nitrogens with one attached hydrogen (secondary N) is 1. The molecule has 16 heteroatoms. The van der Waals surface area contributed by atoms with Crippen molar-refractivity contribution in [3.05, 3.63) is 58.7 Å². The van der Waals surface area contributed by atoms with Gasteiger partial charge in [0.25, 0.3) is 0 Å². The molecule has 6 atom stereocenters. The van der Waals surface area contributed by atoms with Crippen molar-refractivity contribution in [2.24, 2.45) is 39.9 Å². The highest BCUT2D eigenvalue weighted by molar-refractivity contribution is 7.89. The Kier molecular flexibility index (Phi) is 12.5. The van der Waals surface area contributed by atoms with Crippen molar-refractivity contribution >= 4 is 43.5 Å². The maximum atomic E-state index is 14.1. The van der Waals surface area contributed by atoms with E-state index in [1.165, 1.54) is 45.0 Å². The molecule has 2 N–H and O–H groups in total. The van der Waals surface area contributed by atoms with Crippen LogP contribution in [0.25, 0.3) is 0 Å². The molecule has 2 aliphatic heterocycles. The number of esters is 1. The third-order valence-corrected chi connectivity index (χ3v) is 14.1. The van der Waals surface area contributed by atoms with Gasteiger partial charge in [-0.25, -0.2) is 26.4 Å². The predicted molar refractivity (Wildman–Crippen MR) is 208 cm³/mol. The molecule has 302 valence electrons. The topological polar surface area (TPSA) is 184 Å². The monoisotopic (exact) mass is 801 g/mol. The summed E-state index contributed by atoms with van der Waals surface area (Å²) in [6.45, 7) is 18.2. The van der Waals surface area contributed by atoms with Crippen LogP contribution >= 0.6 is 0 Å². The van der Waals surface area contributed by atoms with Crippen LogP contribution in [0.3, 0.4) is 0 Å². The fraction of sp³-hybridized carbons (Fsp3) is 0.590. The number of hydrogen-bond acceptors (Lipinski definition) is 11. The summed E-state index contributed by atoms with van der Waals surface area (Å²) in [5.41, 5.74) is -0.0281. The van der Waals surface area contributed by atoms with Crippen LogP contribution in [0.4, 0.5) is 4.79 Å². The maximum Gasteiger partial charge on any atom is 0.434 e. The largest absolute Gasteiger partial charge is 0.458 e. The summed E-state index contributed by atoms with van der Waals surface area (Å²) >= 11 is 0. The predicted octanol–water partition coefficient (Wildman–Crippen LogP) is 5.79. The number of nitrogens with zero attached hydrogens (tertiary/aromatic N) is 4. The average Bonchev–Trinajstić information content (AvgIpc) is 3.09. The van der Waals surface area contributed by atoms with E-state index < -0.39 is 43.8 Å². The Morgan fingerprint density at radius 3 is 1.62 bits per heavy atom. The van der Waals surface area contributed by atoms with Gasteiger partial charge in [-0.15, -0.1) is 0 Å². The van der Waals surface area contributed by atoms with E-state index in [2.05, 4.69) is 15.6 Å². The van der Waals surface area contributed by atoms with Gasteiger partial charge in [0.1, 0.15) is 23.1 Å². The van der Waals surface area contributed by atoms with E-state index in [9.17, 15) is 31.6 Å². The van der Waals surface area contributed by atoms with Crippen molar-refractivity contribution in [1.82, 2.24) is 13.9 Å². The number of carbonyl (C=O) groups excluding carboxylic acids is 2. The molecule has 2 heterocycles. The van der Waals surface area contributed by atoms with Gasteiger partial charge in [0, 0.05) is 48.4 Å². The lowest BCUT2D eigenvalue weighted by atomic mass is 9.83. The van der Waals surface area contributed by atoms with Crippen LogP contribution in [0, 0.1) is 29.6 Å². The van der Waals surface area contributed by atoms with Gasteiger partial charge in [0.05, 0.1) is 9.79 Å². The summed E-state index contributed by atoms with van der Waals surface area (Å²) in [7, 11) is -8.05. The van der Waals surface area contributed by atoms with Crippen molar-refractivity contribution in [2.45, 2.75) is 103 Å². The van der Waals surface area contributed by atoms with Crippen LogP contribution in [0.5, 0.6) is 0 Å². The normalized spacial score (nSPS) is 23.5. The molecule has 55 heavy (non-hydrogen) atoms. The van der Waals surface area contributed by atoms with Crippen molar-refractivity contribution in [3.8, 4) is 0 Å². The van der Waals surface area contributed by atoms with Gasteiger partial charge in [-0.1, -0.05) is 70.4 Å². The second kappa shape index (κ2) is 16.3. The van der Waals surface area contributed by atoms with Gasteiger partial charge >= 0.3 is 12.1 Å². The lowest BCUT2D eigenvalue weighted by Crippen LogP contribution is -2.47. The smallest absolute Gasteiger partial charge is 0.434 e. The summed E-state index contributed by atoms with van der Waals surface area (Å²) < 4.78 is 64.9. The lowest BCUT2D eigenvalue weighted by molar-refractivity contribution is -0.158. The molecular weight excluding hydrogens is 747 g/mol. The number of rotatable bonds is 9. The minimum absolute atomic E-state index is 0.0449. The SMILES string of the molecule is CCC(C)C(NC(=O)ON=C1c2cc(S(=O)(=O)N3C[C@H](C)C[C@H](C)C3)ccc2C(=NO)c2ccc(S(=O)(=O)N3C[C@H](C)C[C@H](C)C3)cc21)C(=O)OC(C)(C)C. The summed E-state index contributed by atoms with van der Waals surface area (Å²) in [5, 5.41) is 20.7. The molecule has 5 rings (SSSR count). The standard InChI is InChI=1S/C39H55N5O9S2/c1-10-27(6)34(37(45)52-39(7,8)9)40-38(46)53-42-36-32-17-28(54(48,49)43-19-23(2)15-24(3)20-43)11-13-30(32)35(41-47)31-14-12-29(18-33(31)36)55(50,51)44-21-25(4)16-26(5)22-44/h11-14,17-18,23-27,34,47H,10,15-16,19-22H2,1-9H3,(H,40,46)/t23-,24+,25-,26+,27?,34?. The highest BCUT2D eigenvalue weighted by atomic mass is 32.2. The van der Waals surface area contributed by atoms with Gasteiger partial charge in [-0.05, 0) is 87.5 Å². The van der Waals surface area contributed by atoms with E-state index in [0.717, 1.165) is 12.8 Å². The Bertz CT molecular complexity index is 1950. The third-order valence-electron chi connectivity index (χ3n) is 10.4. The Labute approximate surface area is 325 Å². The zero-order chi connectivity index (χ0) is 40.6. The number of ether oxygens (including phenoxy) is 1. The molecule has 0 bridgehead atoms. The van der Waals surface area contributed by atoms with Gasteiger partial charge in [-0.2, -0.15) is 8.61 Å². The van der Waals surface area contributed by atoms with E-state index in [1.807, 2.05) is 34.6 Å². The number of carbonyl (C=O) groups is 2. The molecule has 0 spiro atoms. The van der Waals surface area contributed by atoms with Gasteiger partial charge in [0.2, 0.25) is 20.0 Å². The second-order valence-electron chi connectivity index (χ2n) is 16.8. The third kappa shape index (κ3) is 9.24. The first-order valence-electron chi connectivity index (χ1n) is 19.0. The number of oxime groups is 2. The second-order valence-corrected chi connectivity index (χ2v) is 20.6. The summed E-state index contributed by atoms with van der Waals surface area (Å²) in [6, 6.07) is 7.52. The Hall–Kier alpha value is -3.86. The first-order valence-corrected chi connectivity index (χ1v) is 21.8. The van der Waals surface area contributed by atoms with Crippen LogP contribution in [0.2, 0.25) is 0 Å². The molecule has 3 aliphatic rings. The van der Waals surface area contributed by atoms with Crippen LogP contribution < -0.4 is 5.32 Å². The van der Waals surface area contributed by atoms with E-state index in [-0.39, 0.29) is 73.1 Å². The molecule has 0 radical (unpaired) electrons. The maximum absolute atomic E-state index is 14.1. The quantitative estimate of drug-likeness (QED) is 0.117. The van der Waals surface area contributed by atoms with Crippen LogP contribution in [0.15, 0.2) is 56.5 Å². The van der Waals surface area contributed by atoms with Crippen molar-refractivity contribution in [2.75, 3.05) is 26.2 Å². The number of fused-ring (bicyclic) bond motifs is 2. The molecule has 0 saturated carbocycles. The Morgan fingerprint density at radius 2 is 1.24 bits per heavy atom. The highest BCUT2D eigenvalue weighted by Gasteiger charge is 2.38. The molecule has 0 aromatic heterocycles. The molecular formula is C39H55N5O9S2. The fourth-order valence-electron chi connectivity index (χ4n) is 7.85. The zero-order valence-electron chi connectivity index (χ0n) is 33.2. The Morgan fingerprint density at radius 1 is 0.800 bits per heavy atom. The van der Waals surface area contributed by atoms with Crippen LogP contribution in [-0.2, 0) is 34.4 Å². The number of hydrogen-bond donors (Lipinski definition) is 2. The molecule has 1 aliphatic carbocycles. The van der Waals surface area contributed by atoms with E-state index in [1.54, 1.807) is 27.7 Å². The summed E-state index contributed by atoms with van der Waals surface area (Å²) in [6.07, 6.45) is 1.23. The number of benzene rings is 2. The first-order chi connectivity index (χ1) is 25.7. The zero-order valence-corrected chi connectivity index (χ0v) is 34.8. The van der Waals surface area contributed by atoms with Crippen molar-refractivity contribution < 1.29 is 41.2 Å². The minimum Gasteiger partial charge on any atom is -0.458 e. The molecule has 2 saturated heterocycles. The number of amides is 1. The fourth-order valence-corrected chi connectivity index (χ4v) is 11.3. The summed E-state index contributed by atoms with van der Waals surface area (Å²) in [5.74, 6) is -0.415. The highest BCUT2D eigenvalue weighted by Crippen LogP contribution is 2.35. The van der Waals surface area contributed by atoms with Gasteiger partial charge in [-0.3, -0.25) is 4.84 Å². The van der Waals surface area contributed by atoms with Crippen molar-refractivity contribution in [3.63, 3.8) is 0 Å². The minimum atomic E-state index is -4.03. The lowest BCUT2D eigenvalue weighted by Gasteiger charge is -2.34. The molecule has 14 nitrogen and oxygen atoms in total. The number of sulfonamides is 2. The van der Waals surface area contributed by atoms with Gasteiger partial charge < -0.3 is 15.3 Å². The van der Waals surface area contributed by atoms with E-state index >= 15 is 0 Å². The molecule has 2 aromatic carbocycles. The van der Waals surface area contributed by atoms with Gasteiger partial charge in [0.15, 0.2) is 0 Å². The molecule has 2 aromatic rings. The molecule has 2 fully saturated rings. The van der Waals surface area contributed by atoms with E-state index in [0.29, 0.717) is 32.6 Å². The average molecular weight is 802 g/mol. The van der Waals surface area contributed by atoms with Crippen LogP contribution in [0.1, 0.15) is 104 Å². The Balaban J connectivity index is 1.63. The first kappa shape index (κ1) is 42.3. The van der Waals surface area contributed by atoms with Crippen LogP contribution in [-0.4, -0.2) is 92.0 Å². The number of piperidine rings is 2. The molecule has 2 unspecified atom stereocenters. The van der Waals surface area contributed by atoms with Crippen molar-refractivity contribution in [1.29, 1.82) is 0 Å². The summed E-state index contributed by atoms with van der Waals surface area (Å²) in [4.78, 5) is 31.8.